The average Bonchev–Trinajstić information content (AvgIpc) is 3.10. The molecule has 0 N–H and O–H groups in total. The molecular formula is C22H26N4. The predicted molar refractivity (Wildman–Crippen MR) is 105 cm³/mol. The average molecular weight is 346 g/mol. The van der Waals surface area contributed by atoms with Gasteiger partial charge in [-0.3, -0.25) is 4.57 Å². The smallest absolute Gasteiger partial charge is 0.140 e. The van der Waals surface area contributed by atoms with Crippen molar-refractivity contribution in [2.24, 2.45) is 0 Å². The van der Waals surface area contributed by atoms with Crippen molar-refractivity contribution in [1.29, 1.82) is 0 Å². The molecule has 1 saturated heterocycles. The topological polar surface area (TPSA) is 34.0 Å². The van der Waals surface area contributed by atoms with E-state index in [4.69, 9.17) is 0 Å². The number of aromatic nitrogens is 3. The second-order valence-electron chi connectivity index (χ2n) is 7.13. The summed E-state index contributed by atoms with van der Waals surface area (Å²) in [5.41, 5.74) is 2.59. The van der Waals surface area contributed by atoms with E-state index in [1.807, 2.05) is 13.0 Å². The highest BCUT2D eigenvalue weighted by Crippen LogP contribution is 2.29. The second kappa shape index (κ2) is 7.83. The van der Waals surface area contributed by atoms with Crippen LogP contribution in [0.3, 0.4) is 0 Å². The standard InChI is InChI=1S/C22H26N4/c1-18-23-24-22(26(18)21-10-6-3-7-11-21)20-13-16-25(17-14-20)15-12-19-8-4-2-5-9-19/h2-11,20H,12-17H2,1H3. The lowest BCUT2D eigenvalue weighted by Crippen LogP contribution is -2.35. The van der Waals surface area contributed by atoms with Gasteiger partial charge in [0.1, 0.15) is 11.6 Å². The lowest BCUT2D eigenvalue weighted by molar-refractivity contribution is 0.211. The van der Waals surface area contributed by atoms with Crippen molar-refractivity contribution >= 4 is 0 Å². The molecule has 1 fully saturated rings. The van der Waals surface area contributed by atoms with E-state index >= 15 is 0 Å². The lowest BCUT2D eigenvalue weighted by Gasteiger charge is -2.31. The summed E-state index contributed by atoms with van der Waals surface area (Å²) in [6.07, 6.45) is 3.43. The molecule has 0 aliphatic carbocycles. The first-order valence-electron chi connectivity index (χ1n) is 9.55. The molecule has 0 saturated carbocycles. The molecule has 4 rings (SSSR count). The summed E-state index contributed by atoms with van der Waals surface area (Å²) in [5, 5.41) is 8.89. The Bertz CT molecular complexity index is 818. The molecule has 1 aliphatic heterocycles. The van der Waals surface area contributed by atoms with E-state index in [2.05, 4.69) is 74.3 Å². The zero-order valence-electron chi connectivity index (χ0n) is 15.4. The minimum Gasteiger partial charge on any atom is -0.303 e. The van der Waals surface area contributed by atoms with Gasteiger partial charge in [0.25, 0.3) is 0 Å². The highest BCUT2D eigenvalue weighted by atomic mass is 15.3. The van der Waals surface area contributed by atoms with Crippen molar-refractivity contribution in [2.75, 3.05) is 19.6 Å². The molecule has 0 unspecified atom stereocenters. The normalized spacial score (nSPS) is 16.0. The van der Waals surface area contributed by atoms with Gasteiger partial charge in [-0.2, -0.15) is 0 Å². The monoisotopic (exact) mass is 346 g/mol. The molecular weight excluding hydrogens is 320 g/mol. The van der Waals surface area contributed by atoms with Crippen molar-refractivity contribution in [3.8, 4) is 5.69 Å². The number of hydrogen-bond acceptors (Lipinski definition) is 3. The molecule has 3 aromatic rings. The number of nitrogens with zero attached hydrogens (tertiary/aromatic N) is 4. The summed E-state index contributed by atoms with van der Waals surface area (Å²) in [6, 6.07) is 21.2. The van der Waals surface area contributed by atoms with Crippen LogP contribution in [0.4, 0.5) is 0 Å². The van der Waals surface area contributed by atoms with Crippen LogP contribution in [-0.4, -0.2) is 39.3 Å². The number of piperidine rings is 1. The number of hydrogen-bond donors (Lipinski definition) is 0. The zero-order valence-corrected chi connectivity index (χ0v) is 15.4. The van der Waals surface area contributed by atoms with Crippen LogP contribution in [-0.2, 0) is 6.42 Å². The molecule has 0 amide bonds. The van der Waals surface area contributed by atoms with Gasteiger partial charge in [-0.1, -0.05) is 48.5 Å². The lowest BCUT2D eigenvalue weighted by atomic mass is 9.95. The van der Waals surface area contributed by atoms with Gasteiger partial charge in [-0.05, 0) is 57.0 Å². The van der Waals surface area contributed by atoms with Gasteiger partial charge >= 0.3 is 0 Å². The zero-order chi connectivity index (χ0) is 17.8. The first-order chi connectivity index (χ1) is 12.8. The Morgan fingerprint density at radius 2 is 1.54 bits per heavy atom. The number of aryl methyl sites for hydroxylation is 1. The van der Waals surface area contributed by atoms with Crippen LogP contribution in [0.2, 0.25) is 0 Å². The maximum absolute atomic E-state index is 4.53. The van der Waals surface area contributed by atoms with E-state index < -0.39 is 0 Å². The van der Waals surface area contributed by atoms with Gasteiger partial charge in [0.05, 0.1) is 0 Å². The van der Waals surface area contributed by atoms with Crippen LogP contribution in [0.1, 0.15) is 36.0 Å². The highest BCUT2D eigenvalue weighted by molar-refractivity contribution is 5.34. The summed E-state index contributed by atoms with van der Waals surface area (Å²) >= 11 is 0. The predicted octanol–water partition coefficient (Wildman–Crippen LogP) is 4.00. The van der Waals surface area contributed by atoms with E-state index in [-0.39, 0.29) is 0 Å². The summed E-state index contributed by atoms with van der Waals surface area (Å²) in [6.45, 7) is 5.45. The van der Waals surface area contributed by atoms with Crippen LogP contribution in [0.15, 0.2) is 60.7 Å². The minimum atomic E-state index is 0.490. The van der Waals surface area contributed by atoms with Crippen LogP contribution >= 0.6 is 0 Å². The molecule has 26 heavy (non-hydrogen) atoms. The van der Waals surface area contributed by atoms with E-state index in [0.717, 1.165) is 56.2 Å². The van der Waals surface area contributed by atoms with Crippen LogP contribution < -0.4 is 0 Å². The molecule has 1 aliphatic rings. The molecule has 134 valence electrons. The van der Waals surface area contributed by atoms with Crippen molar-refractivity contribution in [2.45, 2.75) is 32.1 Å². The van der Waals surface area contributed by atoms with E-state index in [9.17, 15) is 0 Å². The summed E-state index contributed by atoms with van der Waals surface area (Å²) < 4.78 is 2.23. The summed E-state index contributed by atoms with van der Waals surface area (Å²) in [7, 11) is 0. The first-order valence-corrected chi connectivity index (χ1v) is 9.55. The fourth-order valence-corrected chi connectivity index (χ4v) is 3.89. The van der Waals surface area contributed by atoms with E-state index in [1.54, 1.807) is 0 Å². The van der Waals surface area contributed by atoms with Gasteiger partial charge in [0.2, 0.25) is 0 Å². The maximum atomic E-state index is 4.53. The van der Waals surface area contributed by atoms with E-state index in [0.29, 0.717) is 5.92 Å². The molecule has 0 bridgehead atoms. The van der Waals surface area contributed by atoms with Crippen molar-refractivity contribution in [1.82, 2.24) is 19.7 Å². The number of rotatable bonds is 5. The largest absolute Gasteiger partial charge is 0.303 e. The summed E-state index contributed by atoms with van der Waals surface area (Å²) in [4.78, 5) is 2.58. The van der Waals surface area contributed by atoms with Crippen molar-refractivity contribution in [3.63, 3.8) is 0 Å². The maximum Gasteiger partial charge on any atom is 0.140 e. The van der Waals surface area contributed by atoms with Crippen LogP contribution in [0, 0.1) is 6.92 Å². The first kappa shape index (κ1) is 17.0. The third kappa shape index (κ3) is 3.70. The Hall–Kier alpha value is -2.46. The third-order valence-corrected chi connectivity index (χ3v) is 5.38. The van der Waals surface area contributed by atoms with E-state index in [1.165, 1.54) is 5.56 Å². The summed E-state index contributed by atoms with van der Waals surface area (Å²) in [5.74, 6) is 2.58. The van der Waals surface area contributed by atoms with Crippen LogP contribution in [0.25, 0.3) is 5.69 Å². The van der Waals surface area contributed by atoms with Gasteiger partial charge in [-0.15, -0.1) is 10.2 Å². The molecule has 2 heterocycles. The third-order valence-electron chi connectivity index (χ3n) is 5.38. The Labute approximate surface area is 155 Å². The molecule has 4 heteroatoms. The van der Waals surface area contributed by atoms with Gasteiger partial charge in [0, 0.05) is 18.2 Å². The Kier molecular flexibility index (Phi) is 5.12. The number of para-hydroxylation sites is 1. The quantitative estimate of drug-likeness (QED) is 0.700. The molecule has 1 aromatic heterocycles. The molecule has 4 nitrogen and oxygen atoms in total. The Balaban J connectivity index is 1.40. The van der Waals surface area contributed by atoms with Crippen LogP contribution in [0.5, 0.6) is 0 Å². The fourth-order valence-electron chi connectivity index (χ4n) is 3.89. The van der Waals surface area contributed by atoms with Crippen molar-refractivity contribution in [3.05, 3.63) is 77.9 Å². The second-order valence-corrected chi connectivity index (χ2v) is 7.13. The van der Waals surface area contributed by atoms with Gasteiger partial charge in [-0.25, -0.2) is 0 Å². The Morgan fingerprint density at radius 3 is 2.23 bits per heavy atom. The number of benzene rings is 2. The molecule has 0 spiro atoms. The minimum absolute atomic E-state index is 0.490. The van der Waals surface area contributed by atoms with Gasteiger partial charge < -0.3 is 4.90 Å². The molecule has 2 aromatic carbocycles. The Morgan fingerprint density at radius 1 is 0.885 bits per heavy atom. The fraction of sp³-hybridized carbons (Fsp3) is 0.364. The highest BCUT2D eigenvalue weighted by Gasteiger charge is 2.25. The van der Waals surface area contributed by atoms with Crippen molar-refractivity contribution < 1.29 is 0 Å². The molecule has 0 radical (unpaired) electrons. The molecule has 0 atom stereocenters. The number of likely N-dealkylation sites (tertiary alicyclic amines) is 1. The van der Waals surface area contributed by atoms with Gasteiger partial charge in [0.15, 0.2) is 0 Å². The SMILES string of the molecule is Cc1nnc(C2CCN(CCc3ccccc3)CC2)n1-c1ccccc1.